The van der Waals surface area contributed by atoms with Crippen LogP contribution in [0.3, 0.4) is 0 Å². The molecule has 1 aliphatic rings. The topological polar surface area (TPSA) is 85.9 Å². The Bertz CT molecular complexity index is 1240. The van der Waals surface area contributed by atoms with Crippen LogP contribution in [0.25, 0.3) is 11.0 Å². The Hall–Kier alpha value is -3.19. The molecule has 0 spiro atoms. The van der Waals surface area contributed by atoms with Gasteiger partial charge in [-0.15, -0.1) is 0 Å². The van der Waals surface area contributed by atoms with E-state index < -0.39 is 17.4 Å². The minimum atomic E-state index is -0.728. The van der Waals surface area contributed by atoms with Gasteiger partial charge in [0, 0.05) is 22.1 Å². The molecule has 0 radical (unpaired) electrons. The number of ketones is 1. The zero-order chi connectivity index (χ0) is 23.2. The van der Waals surface area contributed by atoms with Crippen molar-refractivity contribution in [1.29, 1.82) is 0 Å². The molecule has 1 fully saturated rings. The predicted octanol–water partition coefficient (Wildman–Crippen LogP) is 6.02. The van der Waals surface area contributed by atoms with Gasteiger partial charge in [-0.2, -0.15) is 0 Å². The van der Waals surface area contributed by atoms with Gasteiger partial charge in [0.25, 0.3) is 0 Å². The molecule has 0 saturated heterocycles. The molecule has 0 N–H and O–H groups in total. The second-order valence-electron chi connectivity index (χ2n) is 8.22. The smallest absolute Gasteiger partial charge is 0.347 e. The molecule has 3 aromatic rings. The van der Waals surface area contributed by atoms with E-state index in [1.54, 1.807) is 17.8 Å². The van der Waals surface area contributed by atoms with Crippen LogP contribution in [0.1, 0.15) is 55.8 Å². The Morgan fingerprint density at radius 3 is 2.52 bits per heavy atom. The van der Waals surface area contributed by atoms with Crippen molar-refractivity contribution in [2.24, 2.45) is 11.1 Å². The van der Waals surface area contributed by atoms with Crippen LogP contribution in [-0.2, 0) is 9.63 Å². The lowest BCUT2D eigenvalue weighted by atomic mass is 9.84. The molecule has 2 aromatic carbocycles. The van der Waals surface area contributed by atoms with Gasteiger partial charge < -0.3 is 9.25 Å². The molecule has 0 amide bonds. The van der Waals surface area contributed by atoms with Crippen LogP contribution < -0.4 is 5.63 Å². The Labute approximate surface area is 196 Å². The molecule has 0 aliphatic heterocycles. The molecular weight excluding hydrogens is 438 g/mol. The predicted molar refractivity (Wildman–Crippen MR) is 128 cm³/mol. The Kier molecular flexibility index (Phi) is 7.40. The van der Waals surface area contributed by atoms with Crippen molar-refractivity contribution in [2.45, 2.75) is 55.2 Å². The molecule has 0 atom stereocenters. The van der Waals surface area contributed by atoms with Crippen LogP contribution in [0.4, 0.5) is 0 Å². The molecule has 0 bridgehead atoms. The van der Waals surface area contributed by atoms with Gasteiger partial charge in [0.1, 0.15) is 16.9 Å². The van der Waals surface area contributed by atoms with Crippen LogP contribution >= 0.6 is 11.8 Å². The van der Waals surface area contributed by atoms with Crippen molar-refractivity contribution in [3.63, 3.8) is 0 Å². The van der Waals surface area contributed by atoms with Crippen molar-refractivity contribution in [3.05, 3.63) is 70.6 Å². The fourth-order valence-electron chi connectivity index (χ4n) is 4.05. The summed E-state index contributed by atoms with van der Waals surface area (Å²) in [6.07, 6.45) is 5.72. The highest BCUT2D eigenvalue weighted by atomic mass is 32.2. The summed E-state index contributed by atoms with van der Waals surface area (Å²) >= 11 is 1.56. The Morgan fingerprint density at radius 2 is 1.79 bits per heavy atom. The first-order valence-electron chi connectivity index (χ1n) is 11.1. The van der Waals surface area contributed by atoms with Gasteiger partial charge in [-0.3, -0.25) is 4.79 Å². The van der Waals surface area contributed by atoms with Crippen molar-refractivity contribution in [2.75, 3.05) is 0 Å². The van der Waals surface area contributed by atoms with E-state index in [1.165, 1.54) is 19.4 Å². The fourth-order valence-corrected chi connectivity index (χ4v) is 4.92. The Morgan fingerprint density at radius 1 is 1.03 bits per heavy atom. The standard InChI is InChI=1S/C26H25NO5S/c1-17(28)32-27-23(14-18-8-4-2-5-9-18)25(29)22-15-19-12-13-21(16-24(19)31-26(22)30)33-20-10-6-3-7-11-20/h3,6-7,10-13,15-16,18H,2,4-5,8-9,14H2,1H3/b27-23+. The summed E-state index contributed by atoms with van der Waals surface area (Å²) in [4.78, 5) is 44.0. The number of fused-ring (bicyclic) bond motifs is 1. The number of nitrogens with zero attached hydrogens (tertiary/aromatic N) is 1. The van der Waals surface area contributed by atoms with Crippen molar-refractivity contribution < 1.29 is 18.8 Å². The third-order valence-corrected chi connectivity index (χ3v) is 6.68. The zero-order valence-corrected chi connectivity index (χ0v) is 19.2. The summed E-state index contributed by atoms with van der Waals surface area (Å²) in [6, 6.07) is 17.0. The molecule has 1 heterocycles. The maximum Gasteiger partial charge on any atom is 0.347 e. The van der Waals surface area contributed by atoms with Crippen molar-refractivity contribution >= 4 is 40.2 Å². The van der Waals surface area contributed by atoms with E-state index in [4.69, 9.17) is 9.25 Å². The lowest BCUT2D eigenvalue weighted by Crippen LogP contribution is -2.25. The summed E-state index contributed by atoms with van der Waals surface area (Å²) < 4.78 is 5.51. The van der Waals surface area contributed by atoms with Crippen LogP contribution in [0.15, 0.2) is 78.8 Å². The lowest BCUT2D eigenvalue weighted by molar-refractivity contribution is -0.140. The van der Waals surface area contributed by atoms with E-state index in [2.05, 4.69) is 5.16 Å². The molecular formula is C26H25NO5S. The van der Waals surface area contributed by atoms with Gasteiger partial charge in [-0.1, -0.05) is 73.3 Å². The summed E-state index contributed by atoms with van der Waals surface area (Å²) in [5.41, 5.74) is -0.343. The molecule has 1 saturated carbocycles. The van der Waals surface area contributed by atoms with Gasteiger partial charge in [-0.05, 0) is 42.7 Å². The highest BCUT2D eigenvalue weighted by Crippen LogP contribution is 2.30. The number of hydrogen-bond donors (Lipinski definition) is 0. The summed E-state index contributed by atoms with van der Waals surface area (Å²) in [5.74, 6) is -0.889. The SMILES string of the molecule is CC(=O)O/N=C(\CC1CCCCC1)C(=O)c1cc2ccc(Sc3ccccc3)cc2oc1=O. The minimum absolute atomic E-state index is 0.0833. The van der Waals surface area contributed by atoms with E-state index in [9.17, 15) is 14.4 Å². The number of carbonyl (C=O) groups excluding carboxylic acids is 2. The van der Waals surface area contributed by atoms with Gasteiger partial charge >= 0.3 is 11.6 Å². The number of hydrogen-bond acceptors (Lipinski definition) is 7. The van der Waals surface area contributed by atoms with E-state index in [1.807, 2.05) is 42.5 Å². The first-order valence-corrected chi connectivity index (χ1v) is 11.9. The summed E-state index contributed by atoms with van der Waals surface area (Å²) in [5, 5.41) is 4.45. The minimum Gasteiger partial charge on any atom is -0.422 e. The highest BCUT2D eigenvalue weighted by molar-refractivity contribution is 7.99. The van der Waals surface area contributed by atoms with E-state index >= 15 is 0 Å². The zero-order valence-electron chi connectivity index (χ0n) is 18.4. The first kappa shape index (κ1) is 23.0. The number of Topliss-reactive ketones (excluding diaryl/α,β-unsaturated/α-hetero) is 1. The van der Waals surface area contributed by atoms with Gasteiger partial charge in [0.15, 0.2) is 0 Å². The van der Waals surface area contributed by atoms with E-state index in [0.717, 1.165) is 35.5 Å². The molecule has 0 unspecified atom stereocenters. The second-order valence-corrected chi connectivity index (χ2v) is 9.37. The fraction of sp³-hybridized carbons (Fsp3) is 0.308. The van der Waals surface area contributed by atoms with Gasteiger partial charge in [0.2, 0.25) is 5.78 Å². The third-order valence-electron chi connectivity index (χ3n) is 5.68. The normalized spacial score (nSPS) is 14.9. The first-order chi connectivity index (χ1) is 16.0. The number of oxime groups is 1. The maximum atomic E-state index is 13.2. The molecule has 170 valence electrons. The van der Waals surface area contributed by atoms with E-state index in [-0.39, 0.29) is 17.2 Å². The average molecular weight is 464 g/mol. The summed E-state index contributed by atoms with van der Waals surface area (Å²) in [6.45, 7) is 1.22. The molecule has 6 nitrogen and oxygen atoms in total. The quantitative estimate of drug-likeness (QED) is 0.140. The van der Waals surface area contributed by atoms with Crippen LogP contribution in [0.5, 0.6) is 0 Å². The molecule has 1 aromatic heterocycles. The second kappa shape index (κ2) is 10.6. The largest absolute Gasteiger partial charge is 0.422 e. The average Bonchev–Trinajstić information content (AvgIpc) is 2.82. The summed E-state index contributed by atoms with van der Waals surface area (Å²) in [7, 11) is 0. The third kappa shape index (κ3) is 5.99. The molecule has 4 rings (SSSR count). The number of rotatable bonds is 7. The van der Waals surface area contributed by atoms with Crippen LogP contribution in [0.2, 0.25) is 0 Å². The van der Waals surface area contributed by atoms with Crippen LogP contribution in [0, 0.1) is 5.92 Å². The van der Waals surface area contributed by atoms with Crippen LogP contribution in [-0.4, -0.2) is 17.5 Å². The maximum absolute atomic E-state index is 13.2. The van der Waals surface area contributed by atoms with E-state index in [0.29, 0.717) is 17.4 Å². The lowest BCUT2D eigenvalue weighted by Gasteiger charge is -2.21. The Balaban J connectivity index is 1.61. The molecule has 1 aliphatic carbocycles. The monoisotopic (exact) mass is 463 g/mol. The van der Waals surface area contributed by atoms with Crippen molar-refractivity contribution in [1.82, 2.24) is 0 Å². The van der Waals surface area contributed by atoms with Crippen molar-refractivity contribution in [3.8, 4) is 0 Å². The van der Waals surface area contributed by atoms with Gasteiger partial charge in [0.05, 0.1) is 0 Å². The highest BCUT2D eigenvalue weighted by Gasteiger charge is 2.25. The van der Waals surface area contributed by atoms with Gasteiger partial charge in [-0.25, -0.2) is 9.59 Å². The molecule has 33 heavy (non-hydrogen) atoms. The molecule has 7 heteroatoms. The number of carbonyl (C=O) groups is 2. The number of benzene rings is 2.